The molecule has 0 aromatic heterocycles. The smallest absolute Gasteiger partial charge is 0.306 e. The van der Waals surface area contributed by atoms with Crippen LogP contribution in [0.5, 0.6) is 0 Å². The molecule has 0 N–H and O–H groups in total. The summed E-state index contributed by atoms with van der Waals surface area (Å²) in [6.45, 7) is 8.55. The van der Waals surface area contributed by atoms with E-state index < -0.39 is 0 Å². The van der Waals surface area contributed by atoms with Gasteiger partial charge in [0.25, 0.3) is 0 Å². The minimum absolute atomic E-state index is 0.0783. The molecular weight excluding hydrogens is 200 g/mol. The molecule has 0 saturated carbocycles. The summed E-state index contributed by atoms with van der Waals surface area (Å²) < 4.78 is 5.19. The van der Waals surface area contributed by atoms with Crippen molar-refractivity contribution >= 4 is 5.97 Å². The topological polar surface area (TPSA) is 26.3 Å². The third-order valence-corrected chi connectivity index (χ3v) is 3.07. The molecule has 1 unspecified atom stereocenters. The fourth-order valence-electron chi connectivity index (χ4n) is 1.92. The fourth-order valence-corrected chi connectivity index (χ4v) is 1.92. The summed E-state index contributed by atoms with van der Waals surface area (Å²) in [5.74, 6) is 0.542. The van der Waals surface area contributed by atoms with E-state index in [1.165, 1.54) is 11.1 Å². The van der Waals surface area contributed by atoms with Crippen molar-refractivity contribution in [2.24, 2.45) is 5.92 Å². The molecule has 0 aromatic rings. The zero-order valence-electron chi connectivity index (χ0n) is 10.4. The van der Waals surface area contributed by atoms with Crippen LogP contribution in [0.2, 0.25) is 0 Å². The van der Waals surface area contributed by atoms with Crippen molar-refractivity contribution in [2.45, 2.75) is 46.0 Å². The van der Waals surface area contributed by atoms with Crippen molar-refractivity contribution in [1.29, 1.82) is 0 Å². The molecule has 0 radical (unpaired) electrons. The molecule has 16 heavy (non-hydrogen) atoms. The predicted octanol–water partition coefficient (Wildman–Crippen LogP) is 3.63. The van der Waals surface area contributed by atoms with Crippen LogP contribution in [-0.2, 0) is 9.53 Å². The lowest BCUT2D eigenvalue weighted by Crippen LogP contribution is -2.12. The first kappa shape index (κ1) is 13.0. The normalized spacial score (nSPS) is 20.1. The van der Waals surface area contributed by atoms with Crippen LogP contribution in [-0.4, -0.2) is 12.6 Å². The number of carbonyl (C=O) groups excluding carboxylic acids is 1. The molecule has 2 heteroatoms. The zero-order chi connectivity index (χ0) is 12.0. The molecule has 0 amide bonds. The number of hydrogen-bond donors (Lipinski definition) is 0. The number of hydrogen-bond acceptors (Lipinski definition) is 2. The van der Waals surface area contributed by atoms with Gasteiger partial charge in [0.1, 0.15) is 6.61 Å². The van der Waals surface area contributed by atoms with Crippen LogP contribution in [0.15, 0.2) is 23.8 Å². The number of rotatable bonds is 5. The van der Waals surface area contributed by atoms with E-state index in [9.17, 15) is 4.79 Å². The summed E-state index contributed by atoms with van der Waals surface area (Å²) in [5, 5.41) is 0. The molecule has 0 fully saturated rings. The molecule has 90 valence electrons. The van der Waals surface area contributed by atoms with Crippen molar-refractivity contribution in [1.82, 2.24) is 0 Å². The number of carbonyl (C=O) groups is 1. The number of allylic oxidation sites excluding steroid dienone is 2. The van der Waals surface area contributed by atoms with E-state index in [4.69, 9.17) is 4.74 Å². The average molecular weight is 222 g/mol. The highest BCUT2D eigenvalue weighted by molar-refractivity contribution is 5.69. The number of esters is 1. The van der Waals surface area contributed by atoms with E-state index in [0.717, 1.165) is 25.7 Å². The van der Waals surface area contributed by atoms with E-state index in [1.807, 2.05) is 6.92 Å². The summed E-state index contributed by atoms with van der Waals surface area (Å²) in [7, 11) is 0. The molecule has 1 atom stereocenters. The van der Waals surface area contributed by atoms with Gasteiger partial charge in [-0.05, 0) is 44.1 Å². The van der Waals surface area contributed by atoms with Crippen LogP contribution in [0.4, 0.5) is 0 Å². The second kappa shape index (κ2) is 6.51. The van der Waals surface area contributed by atoms with E-state index in [0.29, 0.717) is 18.9 Å². The van der Waals surface area contributed by atoms with Crippen molar-refractivity contribution < 1.29 is 9.53 Å². The van der Waals surface area contributed by atoms with Crippen LogP contribution in [0.3, 0.4) is 0 Å². The molecule has 1 rings (SSSR count). The second-order valence-electron chi connectivity index (χ2n) is 4.59. The minimum Gasteiger partial charge on any atom is -0.461 e. The van der Waals surface area contributed by atoms with E-state index >= 15 is 0 Å². The third-order valence-electron chi connectivity index (χ3n) is 3.07. The minimum atomic E-state index is -0.0783. The van der Waals surface area contributed by atoms with Crippen molar-refractivity contribution in [2.75, 3.05) is 6.61 Å². The predicted molar refractivity (Wildman–Crippen MR) is 66.1 cm³/mol. The first-order valence-electron chi connectivity index (χ1n) is 6.12. The Kier molecular flexibility index (Phi) is 5.30. The summed E-state index contributed by atoms with van der Waals surface area (Å²) in [4.78, 5) is 11.2. The quantitative estimate of drug-likeness (QED) is 0.524. The lowest BCUT2D eigenvalue weighted by Gasteiger charge is -2.21. The molecule has 1 aliphatic carbocycles. The van der Waals surface area contributed by atoms with Crippen LogP contribution < -0.4 is 0 Å². The van der Waals surface area contributed by atoms with Gasteiger partial charge in [0.15, 0.2) is 0 Å². The zero-order valence-corrected chi connectivity index (χ0v) is 10.4. The van der Waals surface area contributed by atoms with Gasteiger partial charge >= 0.3 is 5.97 Å². The molecule has 0 bridgehead atoms. The number of ether oxygens (including phenoxy) is 1. The van der Waals surface area contributed by atoms with Crippen molar-refractivity contribution in [3.8, 4) is 0 Å². The highest BCUT2D eigenvalue weighted by Crippen LogP contribution is 2.28. The Hall–Kier alpha value is -1.05. The standard InChI is InChI=1S/C14H22O2/c1-4-5-14(15)16-10-12-6-8-13(9-7-12)11(2)3/h6,13H,2,4-5,7-10H2,1,3H3. The van der Waals surface area contributed by atoms with Crippen molar-refractivity contribution in [3.63, 3.8) is 0 Å². The summed E-state index contributed by atoms with van der Waals surface area (Å²) >= 11 is 0. The first-order chi connectivity index (χ1) is 7.63. The summed E-state index contributed by atoms with van der Waals surface area (Å²) in [6, 6.07) is 0. The fraction of sp³-hybridized carbons (Fsp3) is 0.643. The largest absolute Gasteiger partial charge is 0.461 e. The molecule has 2 nitrogen and oxygen atoms in total. The van der Waals surface area contributed by atoms with Gasteiger partial charge in [-0.15, -0.1) is 0 Å². The van der Waals surface area contributed by atoms with E-state index in [2.05, 4.69) is 19.6 Å². The summed E-state index contributed by atoms with van der Waals surface area (Å²) in [6.07, 6.45) is 6.83. The van der Waals surface area contributed by atoms with Crippen LogP contribution in [0.1, 0.15) is 46.0 Å². The third kappa shape index (κ3) is 4.21. The van der Waals surface area contributed by atoms with Gasteiger partial charge in [-0.1, -0.05) is 25.2 Å². The molecule has 0 spiro atoms. The Labute approximate surface area is 98.4 Å². The maximum atomic E-state index is 11.2. The van der Waals surface area contributed by atoms with E-state index in [1.54, 1.807) is 0 Å². The van der Waals surface area contributed by atoms with Crippen LogP contribution >= 0.6 is 0 Å². The van der Waals surface area contributed by atoms with Crippen LogP contribution in [0.25, 0.3) is 0 Å². The van der Waals surface area contributed by atoms with Gasteiger partial charge in [-0.2, -0.15) is 0 Å². The molecule has 0 heterocycles. The molecule has 0 aromatic carbocycles. The molecule has 1 aliphatic rings. The van der Waals surface area contributed by atoms with Gasteiger partial charge in [-0.25, -0.2) is 0 Å². The first-order valence-corrected chi connectivity index (χ1v) is 6.12. The Balaban J connectivity index is 2.30. The van der Waals surface area contributed by atoms with E-state index in [-0.39, 0.29) is 5.97 Å². The SMILES string of the molecule is C=C(C)C1CC=C(COC(=O)CCC)CC1. The molecule has 0 saturated heterocycles. The molecule has 0 aliphatic heterocycles. The van der Waals surface area contributed by atoms with Gasteiger partial charge in [-0.3, -0.25) is 4.79 Å². The van der Waals surface area contributed by atoms with Gasteiger partial charge in [0.05, 0.1) is 0 Å². The molecular formula is C14H22O2. The Morgan fingerprint density at radius 1 is 1.62 bits per heavy atom. The maximum absolute atomic E-state index is 11.2. The Morgan fingerprint density at radius 2 is 2.38 bits per heavy atom. The highest BCUT2D eigenvalue weighted by Gasteiger charge is 2.15. The van der Waals surface area contributed by atoms with Gasteiger partial charge < -0.3 is 4.74 Å². The lowest BCUT2D eigenvalue weighted by molar-refractivity contribution is -0.142. The second-order valence-corrected chi connectivity index (χ2v) is 4.59. The maximum Gasteiger partial charge on any atom is 0.306 e. The Bertz CT molecular complexity index is 289. The van der Waals surface area contributed by atoms with Crippen molar-refractivity contribution in [3.05, 3.63) is 23.8 Å². The van der Waals surface area contributed by atoms with Gasteiger partial charge in [0.2, 0.25) is 0 Å². The lowest BCUT2D eigenvalue weighted by atomic mass is 9.86. The highest BCUT2D eigenvalue weighted by atomic mass is 16.5. The van der Waals surface area contributed by atoms with Crippen LogP contribution in [0, 0.1) is 5.92 Å². The van der Waals surface area contributed by atoms with Gasteiger partial charge in [0, 0.05) is 6.42 Å². The monoisotopic (exact) mass is 222 g/mol. The average Bonchev–Trinajstić information content (AvgIpc) is 2.27. The summed E-state index contributed by atoms with van der Waals surface area (Å²) in [5.41, 5.74) is 2.53. The Morgan fingerprint density at radius 3 is 2.88 bits per heavy atom.